The zero-order valence-electron chi connectivity index (χ0n) is 11.1. The third-order valence-corrected chi connectivity index (χ3v) is 2.95. The van der Waals surface area contributed by atoms with Gasteiger partial charge < -0.3 is 5.32 Å². The molecule has 1 aromatic carbocycles. The van der Waals surface area contributed by atoms with Crippen molar-refractivity contribution in [2.45, 2.75) is 26.6 Å². The number of aryl methyl sites for hydroxylation is 2. The van der Waals surface area contributed by atoms with E-state index in [9.17, 15) is 13.2 Å². The van der Waals surface area contributed by atoms with Crippen LogP contribution in [-0.2, 0) is 12.7 Å². The molecule has 106 valence electrons. The van der Waals surface area contributed by atoms with Crippen molar-refractivity contribution >= 4 is 5.82 Å². The number of hydrogen-bond acceptors (Lipinski definition) is 3. The number of aromatic nitrogens is 2. The lowest BCUT2D eigenvalue weighted by Gasteiger charge is -2.09. The smallest absolute Gasteiger partial charge is 0.365 e. The molecule has 20 heavy (non-hydrogen) atoms. The molecule has 1 heterocycles. The van der Waals surface area contributed by atoms with Gasteiger partial charge in [0.05, 0.1) is 23.1 Å². The maximum atomic E-state index is 12.4. The van der Waals surface area contributed by atoms with Crippen molar-refractivity contribution < 1.29 is 13.2 Å². The molecule has 2 rings (SSSR count). The van der Waals surface area contributed by atoms with Crippen molar-refractivity contribution in [2.24, 2.45) is 0 Å². The molecule has 1 aromatic heterocycles. The van der Waals surface area contributed by atoms with Crippen molar-refractivity contribution in [3.63, 3.8) is 0 Å². The van der Waals surface area contributed by atoms with Crippen molar-refractivity contribution in [2.75, 3.05) is 5.32 Å². The summed E-state index contributed by atoms with van der Waals surface area (Å²) in [5, 5.41) is 3.03. The van der Waals surface area contributed by atoms with E-state index in [0.717, 1.165) is 29.1 Å². The number of benzene rings is 1. The van der Waals surface area contributed by atoms with Crippen LogP contribution in [0.2, 0.25) is 0 Å². The van der Waals surface area contributed by atoms with E-state index in [1.807, 2.05) is 13.8 Å². The Balaban J connectivity index is 2.02. The quantitative estimate of drug-likeness (QED) is 0.931. The summed E-state index contributed by atoms with van der Waals surface area (Å²) in [6.07, 6.45) is -2.70. The van der Waals surface area contributed by atoms with Crippen LogP contribution >= 0.6 is 0 Å². The first-order chi connectivity index (χ1) is 9.36. The molecule has 0 aliphatic heterocycles. The van der Waals surface area contributed by atoms with Crippen molar-refractivity contribution in [1.82, 2.24) is 9.97 Å². The van der Waals surface area contributed by atoms with E-state index in [2.05, 4.69) is 15.3 Å². The van der Waals surface area contributed by atoms with Crippen LogP contribution in [0.15, 0.2) is 30.5 Å². The zero-order valence-corrected chi connectivity index (χ0v) is 11.1. The number of hydrogen-bond donors (Lipinski definition) is 1. The third kappa shape index (κ3) is 3.46. The summed E-state index contributed by atoms with van der Waals surface area (Å²) >= 11 is 0. The Morgan fingerprint density at radius 3 is 2.25 bits per heavy atom. The Morgan fingerprint density at radius 2 is 1.70 bits per heavy atom. The van der Waals surface area contributed by atoms with E-state index < -0.39 is 11.7 Å². The van der Waals surface area contributed by atoms with Gasteiger partial charge in [-0.15, -0.1) is 0 Å². The fourth-order valence-corrected chi connectivity index (χ4v) is 1.63. The minimum Gasteiger partial charge on any atom is -0.365 e. The highest BCUT2D eigenvalue weighted by Gasteiger charge is 2.29. The fraction of sp³-hybridized carbons (Fsp3) is 0.286. The molecule has 0 saturated carbocycles. The first-order valence-corrected chi connectivity index (χ1v) is 6.06. The summed E-state index contributed by atoms with van der Waals surface area (Å²) in [6, 6.07) is 5.04. The van der Waals surface area contributed by atoms with Gasteiger partial charge in [0.1, 0.15) is 5.82 Å². The van der Waals surface area contributed by atoms with Crippen LogP contribution in [0.25, 0.3) is 0 Å². The number of halogens is 3. The normalized spacial score (nSPS) is 11.4. The fourth-order valence-electron chi connectivity index (χ4n) is 1.63. The van der Waals surface area contributed by atoms with Crippen LogP contribution < -0.4 is 5.32 Å². The lowest BCUT2D eigenvalue weighted by molar-refractivity contribution is -0.137. The van der Waals surface area contributed by atoms with Gasteiger partial charge in [-0.25, -0.2) is 4.98 Å². The molecule has 0 amide bonds. The zero-order chi connectivity index (χ0) is 14.8. The first-order valence-electron chi connectivity index (χ1n) is 6.06. The van der Waals surface area contributed by atoms with Crippen LogP contribution in [0.3, 0.4) is 0 Å². The summed E-state index contributed by atoms with van der Waals surface area (Å²) in [4.78, 5) is 8.45. The minimum atomic E-state index is -4.30. The minimum absolute atomic E-state index is 0.398. The maximum absolute atomic E-state index is 12.4. The second-order valence-electron chi connectivity index (χ2n) is 4.47. The van der Waals surface area contributed by atoms with Gasteiger partial charge in [-0.05, 0) is 31.5 Å². The van der Waals surface area contributed by atoms with Gasteiger partial charge in [0.2, 0.25) is 0 Å². The summed E-state index contributed by atoms with van der Waals surface area (Å²) in [6.45, 7) is 4.11. The average Bonchev–Trinajstić information content (AvgIpc) is 2.40. The largest absolute Gasteiger partial charge is 0.416 e. The summed E-state index contributed by atoms with van der Waals surface area (Å²) in [5.41, 5.74) is 1.78. The predicted molar refractivity (Wildman–Crippen MR) is 70.3 cm³/mol. The Labute approximate surface area is 114 Å². The summed E-state index contributed by atoms with van der Waals surface area (Å²) in [7, 11) is 0. The molecule has 0 unspecified atom stereocenters. The molecule has 6 heteroatoms. The van der Waals surface area contributed by atoms with Crippen molar-refractivity contribution in [1.29, 1.82) is 0 Å². The second kappa shape index (κ2) is 5.48. The standard InChI is InChI=1S/C14H14F3N3/c1-9-10(2)20-13(8-18-9)19-7-11-3-5-12(6-4-11)14(15,16)17/h3-6,8H,7H2,1-2H3,(H,19,20). The summed E-state index contributed by atoms with van der Waals surface area (Å²) in [5.74, 6) is 0.605. The maximum Gasteiger partial charge on any atom is 0.416 e. The van der Waals surface area contributed by atoms with E-state index in [0.29, 0.717) is 12.4 Å². The van der Waals surface area contributed by atoms with E-state index in [-0.39, 0.29) is 0 Å². The van der Waals surface area contributed by atoms with Gasteiger partial charge in [-0.3, -0.25) is 4.98 Å². The molecule has 0 radical (unpaired) electrons. The first kappa shape index (κ1) is 14.3. The number of rotatable bonds is 3. The van der Waals surface area contributed by atoms with Gasteiger partial charge in [0.25, 0.3) is 0 Å². The van der Waals surface area contributed by atoms with E-state index in [1.165, 1.54) is 12.1 Å². The lowest BCUT2D eigenvalue weighted by atomic mass is 10.1. The molecule has 0 atom stereocenters. The number of nitrogens with one attached hydrogen (secondary N) is 1. The number of nitrogens with zero attached hydrogens (tertiary/aromatic N) is 2. The van der Waals surface area contributed by atoms with Crippen LogP contribution in [0.5, 0.6) is 0 Å². The van der Waals surface area contributed by atoms with Crippen molar-refractivity contribution in [3.8, 4) is 0 Å². The molecule has 3 nitrogen and oxygen atoms in total. The highest BCUT2D eigenvalue weighted by Crippen LogP contribution is 2.29. The molecular weight excluding hydrogens is 267 g/mol. The van der Waals surface area contributed by atoms with Gasteiger partial charge in [0.15, 0.2) is 0 Å². The van der Waals surface area contributed by atoms with Crippen LogP contribution in [-0.4, -0.2) is 9.97 Å². The third-order valence-electron chi connectivity index (χ3n) is 2.95. The van der Waals surface area contributed by atoms with Crippen LogP contribution in [0.4, 0.5) is 19.0 Å². The van der Waals surface area contributed by atoms with Gasteiger partial charge in [-0.1, -0.05) is 12.1 Å². The van der Waals surface area contributed by atoms with E-state index in [4.69, 9.17) is 0 Å². The van der Waals surface area contributed by atoms with Crippen LogP contribution in [0, 0.1) is 13.8 Å². The number of anilines is 1. The van der Waals surface area contributed by atoms with Crippen molar-refractivity contribution in [3.05, 3.63) is 53.0 Å². The van der Waals surface area contributed by atoms with E-state index >= 15 is 0 Å². The molecule has 0 aliphatic rings. The molecular formula is C14H14F3N3. The highest BCUT2D eigenvalue weighted by atomic mass is 19.4. The summed E-state index contributed by atoms with van der Waals surface area (Å²) < 4.78 is 37.3. The molecule has 0 saturated heterocycles. The molecule has 2 aromatic rings. The molecule has 0 spiro atoms. The Morgan fingerprint density at radius 1 is 1.05 bits per heavy atom. The van der Waals surface area contributed by atoms with E-state index in [1.54, 1.807) is 6.20 Å². The SMILES string of the molecule is Cc1ncc(NCc2ccc(C(F)(F)F)cc2)nc1C. The monoisotopic (exact) mass is 281 g/mol. The predicted octanol–water partition coefficient (Wildman–Crippen LogP) is 3.72. The molecule has 1 N–H and O–H groups in total. The molecule has 0 aliphatic carbocycles. The second-order valence-corrected chi connectivity index (χ2v) is 4.47. The van der Waals surface area contributed by atoms with Gasteiger partial charge >= 0.3 is 6.18 Å². The Bertz CT molecular complexity index is 592. The Hall–Kier alpha value is -2.11. The average molecular weight is 281 g/mol. The lowest BCUT2D eigenvalue weighted by Crippen LogP contribution is -2.06. The Kier molecular flexibility index (Phi) is 3.92. The van der Waals surface area contributed by atoms with Gasteiger partial charge in [-0.2, -0.15) is 13.2 Å². The highest BCUT2D eigenvalue weighted by molar-refractivity contribution is 5.35. The molecule has 0 bridgehead atoms. The topological polar surface area (TPSA) is 37.8 Å². The number of alkyl halides is 3. The van der Waals surface area contributed by atoms with Gasteiger partial charge in [0, 0.05) is 6.54 Å². The van der Waals surface area contributed by atoms with Crippen LogP contribution in [0.1, 0.15) is 22.5 Å². The molecule has 0 fully saturated rings.